The third-order valence-corrected chi connectivity index (χ3v) is 2.12. The monoisotopic (exact) mass is 192 g/mol. The molecule has 0 aromatic heterocycles. The van der Waals surface area contributed by atoms with E-state index in [2.05, 4.69) is 0 Å². The van der Waals surface area contributed by atoms with Crippen molar-refractivity contribution in [1.29, 1.82) is 0 Å². The van der Waals surface area contributed by atoms with Crippen molar-refractivity contribution in [3.05, 3.63) is 47.7 Å². The maximum atomic E-state index is 9.77. The van der Waals surface area contributed by atoms with Gasteiger partial charge in [0.1, 0.15) is 11.9 Å². The van der Waals surface area contributed by atoms with E-state index in [0.717, 1.165) is 5.56 Å². The lowest BCUT2D eigenvalue weighted by Crippen LogP contribution is -2.14. The molecule has 0 saturated heterocycles. The summed E-state index contributed by atoms with van der Waals surface area (Å²) in [6.45, 7) is 1.85. The van der Waals surface area contributed by atoms with Gasteiger partial charge < -0.3 is 9.84 Å². The van der Waals surface area contributed by atoms with Crippen molar-refractivity contribution in [3.63, 3.8) is 0 Å². The molecule has 0 amide bonds. The molecule has 2 nitrogen and oxygen atoms in total. The molecule has 1 aromatic carbocycles. The van der Waals surface area contributed by atoms with Gasteiger partial charge in [-0.1, -0.05) is 30.3 Å². The maximum Gasteiger partial charge on any atom is 0.120 e. The van der Waals surface area contributed by atoms with Crippen LogP contribution >= 0.6 is 0 Å². The van der Waals surface area contributed by atoms with Crippen LogP contribution in [0.2, 0.25) is 0 Å². The van der Waals surface area contributed by atoms with Gasteiger partial charge in [-0.25, -0.2) is 0 Å². The van der Waals surface area contributed by atoms with E-state index in [1.165, 1.54) is 0 Å². The molecule has 1 N–H and O–H groups in total. The third-order valence-electron chi connectivity index (χ3n) is 2.12. The second kappa shape index (κ2) is 5.45. The molecule has 76 valence electrons. The number of benzene rings is 1. The average Bonchev–Trinajstić information content (AvgIpc) is 2.21. The highest BCUT2D eigenvalue weighted by atomic mass is 16.5. The maximum absolute atomic E-state index is 9.77. The van der Waals surface area contributed by atoms with Gasteiger partial charge in [-0.3, -0.25) is 0 Å². The van der Waals surface area contributed by atoms with Crippen LogP contribution in [0.15, 0.2) is 42.2 Å². The van der Waals surface area contributed by atoms with Crippen molar-refractivity contribution in [2.75, 3.05) is 7.11 Å². The van der Waals surface area contributed by atoms with Crippen LogP contribution in [0.3, 0.4) is 0 Å². The topological polar surface area (TPSA) is 29.5 Å². The molecule has 1 rings (SSSR count). The Kier molecular flexibility index (Phi) is 4.20. The van der Waals surface area contributed by atoms with Crippen LogP contribution in [0, 0.1) is 0 Å². The highest BCUT2D eigenvalue weighted by molar-refractivity contribution is 5.17. The second-order valence-corrected chi connectivity index (χ2v) is 3.10. The van der Waals surface area contributed by atoms with Crippen LogP contribution in [0.25, 0.3) is 0 Å². The SMILES string of the molecule is C/C=C(/OC)C(O)Cc1ccccc1. The number of rotatable bonds is 4. The Bertz CT molecular complexity index is 290. The predicted molar refractivity (Wildman–Crippen MR) is 56.9 cm³/mol. The molecular formula is C12H16O2. The fourth-order valence-corrected chi connectivity index (χ4v) is 1.38. The van der Waals surface area contributed by atoms with Gasteiger partial charge in [0.25, 0.3) is 0 Å². The molecule has 1 aromatic rings. The molecule has 0 aliphatic heterocycles. The zero-order chi connectivity index (χ0) is 10.4. The molecule has 2 heteroatoms. The van der Waals surface area contributed by atoms with Crippen LogP contribution < -0.4 is 0 Å². The number of allylic oxidation sites excluding steroid dienone is 1. The lowest BCUT2D eigenvalue weighted by atomic mass is 10.1. The van der Waals surface area contributed by atoms with Crippen molar-refractivity contribution in [1.82, 2.24) is 0 Å². The Labute approximate surface area is 84.8 Å². The number of aliphatic hydroxyl groups is 1. The van der Waals surface area contributed by atoms with E-state index in [-0.39, 0.29) is 0 Å². The Morgan fingerprint density at radius 3 is 2.57 bits per heavy atom. The summed E-state index contributed by atoms with van der Waals surface area (Å²) < 4.78 is 5.04. The first-order valence-corrected chi connectivity index (χ1v) is 4.70. The van der Waals surface area contributed by atoms with Gasteiger partial charge in [0.2, 0.25) is 0 Å². The molecule has 0 heterocycles. The van der Waals surface area contributed by atoms with Crippen LogP contribution in [0.1, 0.15) is 12.5 Å². The summed E-state index contributed by atoms with van der Waals surface area (Å²) in [5.74, 6) is 0.619. The summed E-state index contributed by atoms with van der Waals surface area (Å²) in [6.07, 6.45) is 1.83. The van der Waals surface area contributed by atoms with Gasteiger partial charge in [-0.05, 0) is 18.6 Å². The molecule has 14 heavy (non-hydrogen) atoms. The number of hydrogen-bond acceptors (Lipinski definition) is 2. The first-order valence-electron chi connectivity index (χ1n) is 4.70. The Balaban J connectivity index is 2.61. The van der Waals surface area contributed by atoms with Gasteiger partial charge >= 0.3 is 0 Å². The van der Waals surface area contributed by atoms with E-state index >= 15 is 0 Å². The van der Waals surface area contributed by atoms with E-state index in [1.54, 1.807) is 13.2 Å². The van der Waals surface area contributed by atoms with Crippen LogP contribution in [-0.2, 0) is 11.2 Å². The molecule has 0 fully saturated rings. The summed E-state index contributed by atoms with van der Waals surface area (Å²) in [5.41, 5.74) is 1.11. The van der Waals surface area contributed by atoms with E-state index in [0.29, 0.717) is 12.2 Å². The van der Waals surface area contributed by atoms with Crippen LogP contribution in [0.4, 0.5) is 0 Å². The zero-order valence-electron chi connectivity index (χ0n) is 8.60. The summed E-state index contributed by atoms with van der Waals surface area (Å²) in [7, 11) is 1.57. The highest BCUT2D eigenvalue weighted by Gasteiger charge is 2.10. The normalized spacial score (nSPS) is 13.8. The Morgan fingerprint density at radius 1 is 1.43 bits per heavy atom. The fraction of sp³-hybridized carbons (Fsp3) is 0.333. The lowest BCUT2D eigenvalue weighted by Gasteiger charge is -2.13. The number of methoxy groups -OCH3 is 1. The number of aliphatic hydroxyl groups excluding tert-OH is 1. The number of ether oxygens (including phenoxy) is 1. The molecule has 0 saturated carbocycles. The first-order chi connectivity index (χ1) is 6.77. The standard InChI is InChI=1S/C12H16O2/c1-3-12(14-2)11(13)9-10-7-5-4-6-8-10/h3-8,11,13H,9H2,1-2H3/b12-3+. The molecule has 0 bridgehead atoms. The van der Waals surface area contributed by atoms with Gasteiger partial charge in [0, 0.05) is 6.42 Å². The summed E-state index contributed by atoms with van der Waals surface area (Å²) in [6, 6.07) is 9.87. The van der Waals surface area contributed by atoms with Crippen molar-refractivity contribution in [2.24, 2.45) is 0 Å². The molecular weight excluding hydrogens is 176 g/mol. The quantitative estimate of drug-likeness (QED) is 0.741. The molecule has 0 radical (unpaired) electrons. The van der Waals surface area contributed by atoms with Crippen molar-refractivity contribution in [3.8, 4) is 0 Å². The summed E-state index contributed by atoms with van der Waals surface area (Å²) in [5, 5.41) is 9.77. The van der Waals surface area contributed by atoms with E-state index in [1.807, 2.05) is 37.3 Å². The summed E-state index contributed by atoms with van der Waals surface area (Å²) in [4.78, 5) is 0. The van der Waals surface area contributed by atoms with E-state index in [9.17, 15) is 5.11 Å². The van der Waals surface area contributed by atoms with Gasteiger partial charge in [-0.2, -0.15) is 0 Å². The fourth-order valence-electron chi connectivity index (χ4n) is 1.38. The van der Waals surface area contributed by atoms with Gasteiger partial charge in [0.15, 0.2) is 0 Å². The molecule has 0 spiro atoms. The summed E-state index contributed by atoms with van der Waals surface area (Å²) >= 11 is 0. The zero-order valence-corrected chi connectivity index (χ0v) is 8.60. The molecule has 1 atom stereocenters. The van der Waals surface area contributed by atoms with E-state index < -0.39 is 6.10 Å². The average molecular weight is 192 g/mol. The largest absolute Gasteiger partial charge is 0.499 e. The van der Waals surface area contributed by atoms with Gasteiger partial charge in [0.05, 0.1) is 7.11 Å². The third kappa shape index (κ3) is 2.89. The minimum Gasteiger partial charge on any atom is -0.499 e. The predicted octanol–water partition coefficient (Wildman–Crippen LogP) is 2.14. The van der Waals surface area contributed by atoms with E-state index in [4.69, 9.17) is 4.74 Å². The minimum absolute atomic E-state index is 0.549. The van der Waals surface area contributed by atoms with Crippen molar-refractivity contribution < 1.29 is 9.84 Å². The lowest BCUT2D eigenvalue weighted by molar-refractivity contribution is 0.128. The first kappa shape index (κ1) is 10.8. The molecule has 0 aliphatic rings. The van der Waals surface area contributed by atoms with Gasteiger partial charge in [-0.15, -0.1) is 0 Å². The van der Waals surface area contributed by atoms with Crippen molar-refractivity contribution in [2.45, 2.75) is 19.4 Å². The van der Waals surface area contributed by atoms with Crippen molar-refractivity contribution >= 4 is 0 Å². The Hall–Kier alpha value is -1.28. The highest BCUT2D eigenvalue weighted by Crippen LogP contribution is 2.10. The molecule has 1 unspecified atom stereocenters. The minimum atomic E-state index is -0.549. The second-order valence-electron chi connectivity index (χ2n) is 3.10. The number of hydrogen-bond donors (Lipinski definition) is 1. The van der Waals surface area contributed by atoms with Crippen LogP contribution in [0.5, 0.6) is 0 Å². The molecule has 0 aliphatic carbocycles. The Morgan fingerprint density at radius 2 is 2.07 bits per heavy atom. The van der Waals surface area contributed by atoms with Crippen LogP contribution in [-0.4, -0.2) is 18.3 Å². The smallest absolute Gasteiger partial charge is 0.120 e.